The summed E-state index contributed by atoms with van der Waals surface area (Å²) < 4.78 is 0. The lowest BCUT2D eigenvalue weighted by atomic mass is 10.4. The van der Waals surface area contributed by atoms with Gasteiger partial charge in [0.05, 0.1) is 0 Å². The Morgan fingerprint density at radius 3 is 2.27 bits per heavy atom. The van der Waals surface area contributed by atoms with E-state index in [1.54, 1.807) is 6.92 Å². The minimum Gasteiger partial charge on any atom is -0.478 e. The Hall–Kier alpha value is -1.56. The van der Waals surface area contributed by atoms with Crippen LogP contribution in [0.3, 0.4) is 0 Å². The first-order valence-electron chi connectivity index (χ1n) is 4.47. The van der Waals surface area contributed by atoms with Crippen LogP contribution in [0.2, 0.25) is 0 Å². The quantitative estimate of drug-likeness (QED) is 0.566. The number of urea groups is 1. The van der Waals surface area contributed by atoms with Gasteiger partial charge in [-0.25, -0.2) is 9.59 Å². The second-order valence-electron chi connectivity index (χ2n) is 3.14. The number of aliphatic carboxylic acids is 1. The fourth-order valence-electron chi connectivity index (χ4n) is 0.843. The Morgan fingerprint density at radius 1 is 1.67 bits per heavy atom. The van der Waals surface area contributed by atoms with Crippen LogP contribution in [0.5, 0.6) is 0 Å². The zero-order valence-corrected chi connectivity index (χ0v) is 8.86. The van der Waals surface area contributed by atoms with Gasteiger partial charge in [0.15, 0.2) is 0 Å². The van der Waals surface area contributed by atoms with E-state index in [0.29, 0.717) is 13.1 Å². The van der Waals surface area contributed by atoms with Crippen LogP contribution in [0.15, 0.2) is 12.2 Å². The molecule has 1 aliphatic heterocycles. The number of carboxylic acids is 1. The van der Waals surface area contributed by atoms with Crippen molar-refractivity contribution >= 4 is 12.0 Å². The number of amides is 2. The predicted molar refractivity (Wildman–Crippen MR) is 54.2 cm³/mol. The molecule has 1 rings (SSSR count). The molecule has 1 saturated heterocycles. The summed E-state index contributed by atoms with van der Waals surface area (Å²) in [4.78, 5) is 21.6. The molecule has 0 aliphatic carbocycles. The van der Waals surface area contributed by atoms with Gasteiger partial charge in [-0.1, -0.05) is 6.58 Å². The Labute approximate surface area is 88.2 Å². The predicted octanol–water partition coefficient (Wildman–Crippen LogP) is -0.00300. The molecule has 15 heavy (non-hydrogen) atoms. The molecule has 6 nitrogen and oxygen atoms in total. The maximum absolute atomic E-state index is 10.7. The first-order chi connectivity index (χ1) is 6.86. The molecule has 0 aromatic heterocycles. The van der Waals surface area contributed by atoms with E-state index in [-0.39, 0.29) is 11.6 Å². The zero-order valence-electron chi connectivity index (χ0n) is 8.86. The molecule has 1 aliphatic rings. The molecular formula is C9H16N2O4. The number of rotatable bonds is 2. The average molecular weight is 216 g/mol. The molecule has 1 unspecified atom stereocenters. The highest BCUT2D eigenvalue weighted by atomic mass is 16.4. The highest BCUT2D eigenvalue weighted by Crippen LogP contribution is 1.99. The Balaban J connectivity index is 0.000000288. The lowest BCUT2D eigenvalue weighted by Gasteiger charge is -2.16. The van der Waals surface area contributed by atoms with Gasteiger partial charge in [-0.15, -0.1) is 0 Å². The van der Waals surface area contributed by atoms with Gasteiger partial charge < -0.3 is 15.5 Å². The summed E-state index contributed by atoms with van der Waals surface area (Å²) in [5.74, 6) is -0.935. The van der Waals surface area contributed by atoms with Gasteiger partial charge >= 0.3 is 12.0 Å². The van der Waals surface area contributed by atoms with Crippen LogP contribution >= 0.6 is 0 Å². The van der Waals surface area contributed by atoms with Gasteiger partial charge in [-0.05, 0) is 13.8 Å². The lowest BCUT2D eigenvalue weighted by Crippen LogP contribution is -2.35. The topological polar surface area (TPSA) is 89.9 Å². The SMILES string of the molecule is C=C(C)C(=O)O.CC(O)N1CCNC1=O. The summed E-state index contributed by atoms with van der Waals surface area (Å²) in [6.07, 6.45) is -0.660. The van der Waals surface area contributed by atoms with Crippen molar-refractivity contribution in [2.75, 3.05) is 13.1 Å². The van der Waals surface area contributed by atoms with Crippen LogP contribution < -0.4 is 5.32 Å². The number of nitrogens with zero attached hydrogens (tertiary/aromatic N) is 1. The molecule has 2 amide bonds. The van der Waals surface area contributed by atoms with Gasteiger partial charge in [-0.2, -0.15) is 0 Å². The van der Waals surface area contributed by atoms with Crippen molar-refractivity contribution < 1.29 is 19.8 Å². The van der Waals surface area contributed by atoms with E-state index in [4.69, 9.17) is 10.2 Å². The third-order valence-corrected chi connectivity index (χ3v) is 1.71. The van der Waals surface area contributed by atoms with Crippen molar-refractivity contribution in [3.05, 3.63) is 12.2 Å². The third-order valence-electron chi connectivity index (χ3n) is 1.71. The summed E-state index contributed by atoms with van der Waals surface area (Å²) in [7, 11) is 0. The molecule has 0 aromatic carbocycles. The molecule has 0 spiro atoms. The van der Waals surface area contributed by atoms with E-state index in [1.165, 1.54) is 11.8 Å². The largest absolute Gasteiger partial charge is 0.478 e. The second kappa shape index (κ2) is 6.02. The van der Waals surface area contributed by atoms with E-state index in [0.717, 1.165) is 0 Å². The summed E-state index contributed by atoms with van der Waals surface area (Å²) in [6.45, 7) is 7.43. The smallest absolute Gasteiger partial charge is 0.330 e. The first kappa shape index (κ1) is 13.4. The number of hydrogen-bond acceptors (Lipinski definition) is 3. The standard InChI is InChI=1S/C5H10N2O2.C4H6O2/c1-4(8)7-3-2-6-5(7)9;1-3(2)4(5)6/h4,8H,2-3H2,1H3,(H,6,9);1H2,2H3,(H,5,6). The number of aliphatic hydroxyl groups is 1. The van der Waals surface area contributed by atoms with Crippen molar-refractivity contribution in [2.45, 2.75) is 20.1 Å². The molecule has 0 aromatic rings. The van der Waals surface area contributed by atoms with E-state index in [9.17, 15) is 9.59 Å². The maximum atomic E-state index is 10.7. The summed E-state index contributed by atoms with van der Waals surface area (Å²) in [5.41, 5.74) is 0.176. The molecule has 1 heterocycles. The molecule has 0 saturated carbocycles. The number of nitrogens with one attached hydrogen (secondary N) is 1. The Kier molecular flexibility index (Phi) is 5.40. The molecule has 1 atom stereocenters. The van der Waals surface area contributed by atoms with Crippen LogP contribution in [0, 0.1) is 0 Å². The fourth-order valence-corrected chi connectivity index (χ4v) is 0.843. The molecule has 6 heteroatoms. The first-order valence-corrected chi connectivity index (χ1v) is 4.47. The maximum Gasteiger partial charge on any atom is 0.330 e. The average Bonchev–Trinajstić information content (AvgIpc) is 2.52. The van der Waals surface area contributed by atoms with E-state index in [2.05, 4.69) is 11.9 Å². The van der Waals surface area contributed by atoms with Crippen molar-refractivity contribution in [3.63, 3.8) is 0 Å². The van der Waals surface area contributed by atoms with Crippen LogP contribution in [0.25, 0.3) is 0 Å². The normalized spacial score (nSPS) is 16.2. The molecule has 3 N–H and O–H groups in total. The highest BCUT2D eigenvalue weighted by Gasteiger charge is 2.22. The minimum absolute atomic E-state index is 0.176. The molecule has 0 radical (unpaired) electrons. The van der Waals surface area contributed by atoms with Gasteiger partial charge in [-0.3, -0.25) is 4.90 Å². The molecule has 0 bridgehead atoms. The van der Waals surface area contributed by atoms with Crippen LogP contribution in [-0.4, -0.2) is 46.4 Å². The highest BCUT2D eigenvalue weighted by molar-refractivity contribution is 5.84. The Bertz CT molecular complexity index is 251. The number of aliphatic hydroxyl groups excluding tert-OH is 1. The number of carbonyl (C=O) groups excluding carboxylic acids is 1. The molecule has 86 valence electrons. The van der Waals surface area contributed by atoms with Crippen LogP contribution in [0.1, 0.15) is 13.8 Å². The third kappa shape index (κ3) is 5.02. The van der Waals surface area contributed by atoms with Crippen molar-refractivity contribution in [2.24, 2.45) is 0 Å². The second-order valence-corrected chi connectivity index (χ2v) is 3.14. The lowest BCUT2D eigenvalue weighted by molar-refractivity contribution is -0.132. The van der Waals surface area contributed by atoms with Crippen molar-refractivity contribution in [3.8, 4) is 0 Å². The molecular weight excluding hydrogens is 200 g/mol. The zero-order chi connectivity index (χ0) is 12.0. The number of carbonyl (C=O) groups is 2. The van der Waals surface area contributed by atoms with Crippen LogP contribution in [0.4, 0.5) is 4.79 Å². The summed E-state index contributed by atoms with van der Waals surface area (Å²) in [5, 5.41) is 19.4. The van der Waals surface area contributed by atoms with Crippen molar-refractivity contribution in [1.29, 1.82) is 0 Å². The van der Waals surface area contributed by atoms with Gasteiger partial charge in [0.25, 0.3) is 0 Å². The summed E-state index contributed by atoms with van der Waals surface area (Å²) >= 11 is 0. The monoisotopic (exact) mass is 216 g/mol. The molecule has 1 fully saturated rings. The fraction of sp³-hybridized carbons (Fsp3) is 0.556. The van der Waals surface area contributed by atoms with E-state index < -0.39 is 12.2 Å². The number of hydrogen-bond donors (Lipinski definition) is 3. The van der Waals surface area contributed by atoms with Gasteiger partial charge in [0.1, 0.15) is 6.23 Å². The van der Waals surface area contributed by atoms with Crippen LogP contribution in [-0.2, 0) is 4.79 Å². The van der Waals surface area contributed by atoms with Gasteiger partial charge in [0, 0.05) is 18.7 Å². The minimum atomic E-state index is -0.935. The Morgan fingerprint density at radius 2 is 2.13 bits per heavy atom. The van der Waals surface area contributed by atoms with E-state index in [1.807, 2.05) is 0 Å². The van der Waals surface area contributed by atoms with Gasteiger partial charge in [0.2, 0.25) is 0 Å². The summed E-state index contributed by atoms with van der Waals surface area (Å²) in [6, 6.07) is -0.176. The van der Waals surface area contributed by atoms with Crippen molar-refractivity contribution in [1.82, 2.24) is 10.2 Å². The van der Waals surface area contributed by atoms with E-state index >= 15 is 0 Å². The number of carboxylic acid groups (broad SMARTS) is 1.